The summed E-state index contributed by atoms with van der Waals surface area (Å²) >= 11 is 0. The largest absolute Gasteiger partial charge is 0.465 e. The Kier molecular flexibility index (Phi) is 3.52. The van der Waals surface area contributed by atoms with Gasteiger partial charge in [0.15, 0.2) is 0 Å². The summed E-state index contributed by atoms with van der Waals surface area (Å²) in [5, 5.41) is 17.9. The molecule has 114 valence electrons. The van der Waals surface area contributed by atoms with Gasteiger partial charge in [-0.15, -0.1) is 0 Å². The second-order valence-electron chi connectivity index (χ2n) is 6.62. The lowest BCUT2D eigenvalue weighted by atomic mass is 9.90. The van der Waals surface area contributed by atoms with Crippen molar-refractivity contribution in [2.45, 2.75) is 32.1 Å². The molecule has 1 atom stereocenters. The van der Waals surface area contributed by atoms with Crippen molar-refractivity contribution in [2.24, 2.45) is 17.3 Å². The number of piperidine rings is 2. The molecule has 3 fully saturated rings. The molecule has 0 aromatic heterocycles. The molecule has 0 aromatic rings. The highest BCUT2D eigenvalue weighted by Crippen LogP contribution is 2.60. The highest BCUT2D eigenvalue weighted by molar-refractivity contribution is 5.83. The van der Waals surface area contributed by atoms with E-state index in [0.29, 0.717) is 26.2 Å². The van der Waals surface area contributed by atoms with Gasteiger partial charge in [-0.1, -0.05) is 0 Å². The summed E-state index contributed by atoms with van der Waals surface area (Å²) in [6.07, 6.45) is 3.25. The summed E-state index contributed by atoms with van der Waals surface area (Å²) in [7, 11) is 0. The Morgan fingerprint density at radius 1 is 1.10 bits per heavy atom. The minimum atomic E-state index is -0.855. The minimum Gasteiger partial charge on any atom is -0.465 e. The molecule has 0 bridgehead atoms. The zero-order valence-corrected chi connectivity index (χ0v) is 12.1. The van der Waals surface area contributed by atoms with Crippen LogP contribution in [-0.4, -0.2) is 53.1 Å². The number of nitrogens with zero attached hydrogens (tertiary/aromatic N) is 3. The number of hydrogen-bond acceptors (Lipinski definition) is 3. The van der Waals surface area contributed by atoms with Crippen LogP contribution in [0, 0.1) is 28.6 Å². The number of amides is 2. The molecule has 2 heterocycles. The summed E-state index contributed by atoms with van der Waals surface area (Å²) in [5.74, 6) is 0.420. The van der Waals surface area contributed by atoms with Crippen molar-refractivity contribution in [1.82, 2.24) is 9.80 Å². The van der Waals surface area contributed by atoms with Crippen LogP contribution in [0.1, 0.15) is 32.1 Å². The average Bonchev–Trinajstić information content (AvgIpc) is 3.20. The van der Waals surface area contributed by atoms with E-state index in [1.807, 2.05) is 4.90 Å². The maximum atomic E-state index is 12.6. The van der Waals surface area contributed by atoms with Gasteiger partial charge >= 0.3 is 6.09 Å². The molecule has 1 saturated carbocycles. The number of nitriles is 1. The summed E-state index contributed by atoms with van der Waals surface area (Å²) in [4.78, 5) is 26.9. The molecule has 6 heteroatoms. The van der Waals surface area contributed by atoms with E-state index in [2.05, 4.69) is 6.07 Å². The van der Waals surface area contributed by atoms with Crippen molar-refractivity contribution in [3.8, 4) is 6.07 Å². The van der Waals surface area contributed by atoms with E-state index < -0.39 is 6.09 Å². The summed E-state index contributed by atoms with van der Waals surface area (Å²) in [6.45, 7) is 2.50. The van der Waals surface area contributed by atoms with Crippen LogP contribution in [0.2, 0.25) is 0 Å². The van der Waals surface area contributed by atoms with Crippen LogP contribution in [0.4, 0.5) is 4.79 Å². The Labute approximate surface area is 124 Å². The summed E-state index contributed by atoms with van der Waals surface area (Å²) in [6, 6.07) is 2.28. The topological polar surface area (TPSA) is 84.6 Å². The van der Waals surface area contributed by atoms with E-state index >= 15 is 0 Å². The monoisotopic (exact) mass is 291 g/mol. The number of hydrogen-bond donors (Lipinski definition) is 1. The molecule has 1 spiro atoms. The molecular weight excluding hydrogens is 270 g/mol. The first-order valence-corrected chi connectivity index (χ1v) is 7.72. The van der Waals surface area contributed by atoms with Crippen molar-refractivity contribution in [2.75, 3.05) is 26.2 Å². The molecule has 0 radical (unpaired) electrons. The second-order valence-corrected chi connectivity index (χ2v) is 6.62. The first-order valence-electron chi connectivity index (χ1n) is 7.72. The molecule has 6 nitrogen and oxygen atoms in total. The third-order valence-corrected chi connectivity index (χ3v) is 5.51. The van der Waals surface area contributed by atoms with Crippen LogP contribution in [0.25, 0.3) is 0 Å². The van der Waals surface area contributed by atoms with Gasteiger partial charge in [-0.25, -0.2) is 4.79 Å². The first-order chi connectivity index (χ1) is 10.1. The van der Waals surface area contributed by atoms with Crippen LogP contribution in [0.3, 0.4) is 0 Å². The third-order valence-electron chi connectivity index (χ3n) is 5.51. The molecule has 0 aromatic carbocycles. The normalized spacial score (nSPS) is 28.2. The Hall–Kier alpha value is -1.77. The molecule has 2 amide bonds. The van der Waals surface area contributed by atoms with Crippen LogP contribution in [0.15, 0.2) is 0 Å². The van der Waals surface area contributed by atoms with Gasteiger partial charge in [0, 0.05) is 38.0 Å². The third kappa shape index (κ3) is 2.57. The molecule has 1 N–H and O–H groups in total. The van der Waals surface area contributed by atoms with Gasteiger partial charge in [-0.2, -0.15) is 5.26 Å². The number of carbonyl (C=O) groups excluding carboxylic acids is 1. The smallest absolute Gasteiger partial charge is 0.407 e. The molecule has 1 aliphatic carbocycles. The zero-order valence-electron chi connectivity index (χ0n) is 12.1. The van der Waals surface area contributed by atoms with Crippen molar-refractivity contribution in [3.63, 3.8) is 0 Å². The van der Waals surface area contributed by atoms with Crippen LogP contribution >= 0.6 is 0 Å². The number of carboxylic acid groups (broad SMARTS) is 1. The minimum absolute atomic E-state index is 0.0646. The van der Waals surface area contributed by atoms with E-state index in [9.17, 15) is 9.59 Å². The molecule has 2 saturated heterocycles. The van der Waals surface area contributed by atoms with Crippen molar-refractivity contribution in [3.05, 3.63) is 0 Å². The van der Waals surface area contributed by atoms with Crippen molar-refractivity contribution in [1.29, 1.82) is 5.26 Å². The van der Waals surface area contributed by atoms with E-state index in [1.165, 1.54) is 4.90 Å². The fraction of sp³-hybridized carbons (Fsp3) is 0.800. The Morgan fingerprint density at radius 2 is 1.71 bits per heavy atom. The Balaban J connectivity index is 1.53. The predicted molar refractivity (Wildman–Crippen MR) is 74.3 cm³/mol. The van der Waals surface area contributed by atoms with Gasteiger partial charge in [0.05, 0.1) is 6.07 Å². The van der Waals surface area contributed by atoms with Gasteiger partial charge in [-0.3, -0.25) is 4.79 Å². The van der Waals surface area contributed by atoms with Crippen LogP contribution in [0.5, 0.6) is 0 Å². The number of carbonyl (C=O) groups is 2. The lowest BCUT2D eigenvalue weighted by Gasteiger charge is -2.33. The highest BCUT2D eigenvalue weighted by atomic mass is 16.4. The molecule has 3 rings (SSSR count). The lowest BCUT2D eigenvalue weighted by Crippen LogP contribution is -2.42. The Morgan fingerprint density at radius 3 is 2.24 bits per heavy atom. The summed E-state index contributed by atoms with van der Waals surface area (Å²) < 4.78 is 0. The Bertz CT molecular complexity index is 483. The summed E-state index contributed by atoms with van der Waals surface area (Å²) in [5.41, 5.74) is 0.0646. The predicted octanol–water partition coefficient (Wildman–Crippen LogP) is 1.53. The quantitative estimate of drug-likeness (QED) is 0.794. The van der Waals surface area contributed by atoms with E-state index in [1.54, 1.807) is 0 Å². The van der Waals surface area contributed by atoms with Crippen molar-refractivity contribution < 1.29 is 14.7 Å². The molecule has 2 aliphatic heterocycles. The van der Waals surface area contributed by atoms with Gasteiger partial charge in [0.1, 0.15) is 0 Å². The molecule has 21 heavy (non-hydrogen) atoms. The molecule has 3 aliphatic rings. The molecule has 1 unspecified atom stereocenters. The maximum Gasteiger partial charge on any atom is 0.407 e. The average molecular weight is 291 g/mol. The zero-order chi connectivity index (χ0) is 15.0. The van der Waals surface area contributed by atoms with E-state index in [0.717, 1.165) is 32.1 Å². The number of likely N-dealkylation sites (tertiary alicyclic amines) is 2. The maximum absolute atomic E-state index is 12.6. The van der Waals surface area contributed by atoms with Crippen LogP contribution < -0.4 is 0 Å². The SMILES string of the molecule is N#CC1CCN(C(=O)C2CC23CCN(C(=O)O)CC3)CC1. The van der Waals surface area contributed by atoms with E-state index in [-0.39, 0.29) is 23.2 Å². The second kappa shape index (κ2) is 5.21. The highest BCUT2D eigenvalue weighted by Gasteiger charge is 2.59. The first kappa shape index (κ1) is 14.2. The van der Waals surface area contributed by atoms with Crippen LogP contribution in [-0.2, 0) is 4.79 Å². The van der Waals surface area contributed by atoms with Gasteiger partial charge in [0.25, 0.3) is 0 Å². The fourth-order valence-corrected chi connectivity index (χ4v) is 3.84. The number of rotatable bonds is 1. The standard InChI is InChI=1S/C15H21N3O3/c16-10-11-1-5-17(6-2-11)13(19)12-9-15(12)3-7-18(8-4-15)14(20)21/h11-12H,1-9H2,(H,20,21). The van der Waals surface area contributed by atoms with Gasteiger partial charge in [0.2, 0.25) is 5.91 Å². The lowest BCUT2D eigenvalue weighted by molar-refractivity contribution is -0.134. The fourth-order valence-electron chi connectivity index (χ4n) is 3.84. The van der Waals surface area contributed by atoms with Gasteiger partial charge < -0.3 is 14.9 Å². The molecular formula is C15H21N3O3. The van der Waals surface area contributed by atoms with Crippen molar-refractivity contribution >= 4 is 12.0 Å². The van der Waals surface area contributed by atoms with Gasteiger partial charge in [-0.05, 0) is 37.5 Å². The van der Waals surface area contributed by atoms with E-state index in [4.69, 9.17) is 10.4 Å².